The van der Waals surface area contributed by atoms with Crippen LogP contribution in [-0.4, -0.2) is 44.1 Å². The highest BCUT2D eigenvalue weighted by Gasteiger charge is 2.22. The van der Waals surface area contributed by atoms with Gasteiger partial charge in [-0.2, -0.15) is 0 Å². The first kappa shape index (κ1) is 16.4. The van der Waals surface area contributed by atoms with Gasteiger partial charge in [0, 0.05) is 19.1 Å². The minimum absolute atomic E-state index is 0.133. The van der Waals surface area contributed by atoms with Crippen LogP contribution < -0.4 is 5.73 Å². The summed E-state index contributed by atoms with van der Waals surface area (Å²) in [5, 5.41) is 7.55. The van der Waals surface area contributed by atoms with Gasteiger partial charge in [0.05, 0.1) is 5.84 Å². The minimum Gasteiger partial charge on any atom is -0.387 e. The van der Waals surface area contributed by atoms with E-state index in [-0.39, 0.29) is 5.41 Å². The number of nitrogens with two attached hydrogens (primary N) is 1. The molecule has 0 amide bonds. The van der Waals surface area contributed by atoms with Gasteiger partial charge in [0.2, 0.25) is 0 Å². The van der Waals surface area contributed by atoms with Gasteiger partial charge in [-0.15, -0.1) is 0 Å². The third-order valence-electron chi connectivity index (χ3n) is 4.36. The Balaban J connectivity index is 2.10. The van der Waals surface area contributed by atoms with E-state index in [4.69, 9.17) is 15.9 Å². The number of hydrogen-bond acceptors (Lipinski definition) is 3. The summed E-state index contributed by atoms with van der Waals surface area (Å²) in [6.07, 6.45) is 5.93. The molecule has 0 saturated carbocycles. The SMILES string of the molecule is COCC1CCN(CCCCC(C)(C)C(=N)N)CC1. The Hall–Kier alpha value is -0.610. The number of likely N-dealkylation sites (tertiary alicyclic amines) is 1. The van der Waals surface area contributed by atoms with Crippen molar-refractivity contribution < 1.29 is 4.74 Å². The largest absolute Gasteiger partial charge is 0.387 e. The second-order valence-electron chi connectivity index (χ2n) is 6.50. The molecule has 0 aromatic rings. The van der Waals surface area contributed by atoms with Gasteiger partial charge in [0.1, 0.15) is 0 Å². The van der Waals surface area contributed by atoms with Gasteiger partial charge >= 0.3 is 0 Å². The highest BCUT2D eigenvalue weighted by atomic mass is 16.5. The molecule has 1 heterocycles. The maximum absolute atomic E-state index is 7.55. The number of unbranched alkanes of at least 4 members (excludes halogenated alkanes) is 1. The smallest absolute Gasteiger partial charge is 0.0963 e. The van der Waals surface area contributed by atoms with E-state index < -0.39 is 0 Å². The number of hydrogen-bond donors (Lipinski definition) is 2. The van der Waals surface area contributed by atoms with Gasteiger partial charge in [-0.05, 0) is 51.2 Å². The maximum Gasteiger partial charge on any atom is 0.0963 e. The van der Waals surface area contributed by atoms with Crippen molar-refractivity contribution in [2.45, 2.75) is 46.0 Å². The third kappa shape index (κ3) is 5.91. The normalized spacial score (nSPS) is 18.7. The molecule has 0 radical (unpaired) electrons. The Morgan fingerprint density at radius 2 is 1.95 bits per heavy atom. The van der Waals surface area contributed by atoms with Crippen molar-refractivity contribution in [3.05, 3.63) is 0 Å². The quantitative estimate of drug-likeness (QED) is 0.404. The van der Waals surface area contributed by atoms with Crippen LogP contribution in [0.5, 0.6) is 0 Å². The van der Waals surface area contributed by atoms with Gasteiger partial charge in [0.15, 0.2) is 0 Å². The van der Waals surface area contributed by atoms with Crippen molar-refractivity contribution in [2.24, 2.45) is 17.1 Å². The van der Waals surface area contributed by atoms with Gasteiger partial charge < -0.3 is 15.4 Å². The zero-order valence-electron chi connectivity index (χ0n) is 12.9. The number of amidine groups is 1. The molecule has 0 aliphatic carbocycles. The average Bonchev–Trinajstić information content (AvgIpc) is 2.37. The molecule has 4 nitrogen and oxygen atoms in total. The Morgan fingerprint density at radius 3 is 2.47 bits per heavy atom. The van der Waals surface area contributed by atoms with Crippen molar-refractivity contribution in [2.75, 3.05) is 33.4 Å². The fraction of sp³-hybridized carbons (Fsp3) is 0.933. The van der Waals surface area contributed by atoms with Crippen LogP contribution in [0, 0.1) is 16.7 Å². The zero-order valence-corrected chi connectivity index (χ0v) is 12.9. The molecule has 1 fully saturated rings. The number of nitrogens with one attached hydrogen (secondary N) is 1. The molecule has 4 heteroatoms. The lowest BCUT2D eigenvalue weighted by Crippen LogP contribution is -2.36. The van der Waals surface area contributed by atoms with Gasteiger partial charge in [0.25, 0.3) is 0 Å². The first-order chi connectivity index (χ1) is 8.95. The summed E-state index contributed by atoms with van der Waals surface area (Å²) in [5.41, 5.74) is 5.47. The highest BCUT2D eigenvalue weighted by molar-refractivity contribution is 5.82. The minimum atomic E-state index is -0.133. The van der Waals surface area contributed by atoms with E-state index in [2.05, 4.69) is 18.7 Å². The van der Waals surface area contributed by atoms with Crippen molar-refractivity contribution >= 4 is 5.84 Å². The molecule has 1 rings (SSSR count). The summed E-state index contributed by atoms with van der Waals surface area (Å²) in [4.78, 5) is 2.56. The predicted molar refractivity (Wildman–Crippen MR) is 80.6 cm³/mol. The van der Waals surface area contributed by atoms with Crippen LogP contribution >= 0.6 is 0 Å². The molecular formula is C15H31N3O. The second-order valence-corrected chi connectivity index (χ2v) is 6.50. The van der Waals surface area contributed by atoms with E-state index in [0.717, 1.165) is 25.4 Å². The lowest BCUT2D eigenvalue weighted by atomic mass is 9.86. The first-order valence-corrected chi connectivity index (χ1v) is 7.51. The van der Waals surface area contributed by atoms with Gasteiger partial charge in [-0.3, -0.25) is 5.41 Å². The van der Waals surface area contributed by atoms with Crippen LogP contribution in [0.25, 0.3) is 0 Å². The van der Waals surface area contributed by atoms with Crippen LogP contribution in [-0.2, 0) is 4.74 Å². The third-order valence-corrected chi connectivity index (χ3v) is 4.36. The fourth-order valence-corrected chi connectivity index (χ4v) is 2.65. The van der Waals surface area contributed by atoms with Crippen LogP contribution in [0.4, 0.5) is 0 Å². The molecule has 0 bridgehead atoms. The van der Waals surface area contributed by atoms with Crippen molar-refractivity contribution in [1.82, 2.24) is 4.90 Å². The fourth-order valence-electron chi connectivity index (χ4n) is 2.65. The summed E-state index contributed by atoms with van der Waals surface area (Å²) in [6.45, 7) is 8.65. The topological polar surface area (TPSA) is 62.3 Å². The Bertz CT molecular complexity index is 271. The van der Waals surface area contributed by atoms with Crippen LogP contribution in [0.3, 0.4) is 0 Å². The Kier molecular flexibility index (Phi) is 6.80. The lowest BCUT2D eigenvalue weighted by Gasteiger charge is -2.32. The zero-order chi connectivity index (χ0) is 14.3. The molecule has 0 atom stereocenters. The van der Waals surface area contributed by atoms with E-state index >= 15 is 0 Å². The lowest BCUT2D eigenvalue weighted by molar-refractivity contribution is 0.0986. The molecule has 0 unspecified atom stereocenters. The first-order valence-electron chi connectivity index (χ1n) is 7.51. The maximum atomic E-state index is 7.55. The summed E-state index contributed by atoms with van der Waals surface area (Å²) < 4.78 is 5.22. The number of nitrogens with zero attached hydrogens (tertiary/aromatic N) is 1. The summed E-state index contributed by atoms with van der Waals surface area (Å²) >= 11 is 0. The number of rotatable bonds is 8. The molecule has 112 valence electrons. The van der Waals surface area contributed by atoms with Crippen LogP contribution in [0.1, 0.15) is 46.0 Å². The number of ether oxygens (including phenoxy) is 1. The molecule has 3 N–H and O–H groups in total. The van der Waals surface area contributed by atoms with E-state index in [1.54, 1.807) is 7.11 Å². The van der Waals surface area contributed by atoms with Crippen LogP contribution in [0.2, 0.25) is 0 Å². The van der Waals surface area contributed by atoms with Crippen molar-refractivity contribution in [3.63, 3.8) is 0 Å². The predicted octanol–water partition coefficient (Wildman–Crippen LogP) is 2.48. The van der Waals surface area contributed by atoms with Crippen molar-refractivity contribution in [1.29, 1.82) is 5.41 Å². The summed E-state index contributed by atoms with van der Waals surface area (Å²) in [5.74, 6) is 1.07. The molecule has 1 saturated heterocycles. The second kappa shape index (κ2) is 7.85. The number of methoxy groups -OCH3 is 1. The molecule has 0 aromatic heterocycles. The molecule has 1 aliphatic rings. The summed E-state index contributed by atoms with van der Waals surface area (Å²) in [7, 11) is 1.79. The molecule has 0 spiro atoms. The highest BCUT2D eigenvalue weighted by Crippen LogP contribution is 2.23. The van der Waals surface area contributed by atoms with Crippen molar-refractivity contribution in [3.8, 4) is 0 Å². The Labute approximate surface area is 118 Å². The van der Waals surface area contributed by atoms with E-state index in [0.29, 0.717) is 5.84 Å². The van der Waals surface area contributed by atoms with Gasteiger partial charge in [-0.25, -0.2) is 0 Å². The monoisotopic (exact) mass is 269 g/mol. The molecular weight excluding hydrogens is 238 g/mol. The van der Waals surface area contributed by atoms with E-state index in [1.165, 1.54) is 38.9 Å². The standard InChI is InChI=1S/C15H31N3O/c1-15(2,14(16)17)8-4-5-9-18-10-6-13(7-11-18)12-19-3/h13H,4-12H2,1-3H3,(H3,16,17). The molecule has 0 aromatic carbocycles. The molecule has 1 aliphatic heterocycles. The van der Waals surface area contributed by atoms with Gasteiger partial charge in [-0.1, -0.05) is 20.3 Å². The van der Waals surface area contributed by atoms with E-state index in [9.17, 15) is 0 Å². The van der Waals surface area contributed by atoms with E-state index in [1.807, 2.05) is 0 Å². The summed E-state index contributed by atoms with van der Waals surface area (Å²) in [6, 6.07) is 0. The number of piperidine rings is 1. The average molecular weight is 269 g/mol. The molecule has 19 heavy (non-hydrogen) atoms. The van der Waals surface area contributed by atoms with Crippen LogP contribution in [0.15, 0.2) is 0 Å². The Morgan fingerprint density at radius 1 is 1.32 bits per heavy atom.